The summed E-state index contributed by atoms with van der Waals surface area (Å²) in [5.74, 6) is 0. The van der Waals surface area contributed by atoms with Crippen molar-refractivity contribution in [2.45, 2.75) is 5.41 Å². The molecular weight excluding hydrogens is 751 g/mol. The third-order valence-corrected chi connectivity index (χ3v) is 13.3. The van der Waals surface area contributed by atoms with Crippen molar-refractivity contribution >= 4 is 54.4 Å². The summed E-state index contributed by atoms with van der Waals surface area (Å²) in [5, 5.41) is 7.11. The third-order valence-electron chi connectivity index (χ3n) is 13.3. The van der Waals surface area contributed by atoms with Crippen LogP contribution in [0.25, 0.3) is 93.6 Å². The summed E-state index contributed by atoms with van der Waals surface area (Å²) in [6, 6.07) is 79.7. The van der Waals surface area contributed by atoms with Crippen molar-refractivity contribution in [1.82, 2.24) is 14.5 Å². The van der Waals surface area contributed by atoms with Gasteiger partial charge in [-0.15, -0.1) is 0 Å². The Kier molecular flexibility index (Phi) is 7.52. The topological polar surface area (TPSA) is 30.7 Å². The molecule has 0 spiro atoms. The first-order valence-corrected chi connectivity index (χ1v) is 21.3. The second kappa shape index (κ2) is 13.4. The summed E-state index contributed by atoms with van der Waals surface area (Å²) in [6.45, 7) is 0. The summed E-state index contributed by atoms with van der Waals surface area (Å²) in [6.07, 6.45) is 1.96. The third kappa shape index (κ3) is 4.94. The Hall–Kier alpha value is -8.14. The van der Waals surface area contributed by atoms with E-state index in [2.05, 4.69) is 223 Å². The van der Waals surface area contributed by atoms with Gasteiger partial charge in [0.1, 0.15) is 0 Å². The molecule has 1 aliphatic rings. The van der Waals surface area contributed by atoms with E-state index in [-0.39, 0.29) is 0 Å². The van der Waals surface area contributed by atoms with E-state index in [0.29, 0.717) is 0 Å². The molecule has 3 nitrogen and oxygen atoms in total. The Morgan fingerprint density at radius 1 is 0.355 bits per heavy atom. The summed E-state index contributed by atoms with van der Waals surface area (Å²) in [4.78, 5) is 10.6. The molecule has 3 heteroatoms. The first-order valence-electron chi connectivity index (χ1n) is 21.3. The number of aromatic nitrogens is 3. The molecule has 0 unspecified atom stereocenters. The molecule has 2 heterocycles. The van der Waals surface area contributed by atoms with Crippen LogP contribution < -0.4 is 0 Å². The van der Waals surface area contributed by atoms with Crippen LogP contribution >= 0.6 is 0 Å². The fourth-order valence-corrected chi connectivity index (χ4v) is 10.6. The fraction of sp³-hybridized carbons (Fsp3) is 0.0169. The average molecular weight is 788 g/mol. The van der Waals surface area contributed by atoms with Gasteiger partial charge >= 0.3 is 0 Å². The van der Waals surface area contributed by atoms with Gasteiger partial charge in [-0.1, -0.05) is 176 Å². The molecule has 2 aromatic heterocycles. The highest BCUT2D eigenvalue weighted by molar-refractivity contribution is 6.23. The zero-order chi connectivity index (χ0) is 40.8. The molecule has 0 saturated heterocycles. The standard InChI is InChI=1S/C59H37N3/c1-4-16-41(17-5-1)59(42-18-6-2-7-19-42)52-35-39(38-30-33-56-51(34-38)48-24-14-15-27-55(48)62(56)43-20-8-3-9-21-43)28-31-46(52)47-32-29-40(36-53(47)59)54-37-60-57-49-25-12-10-22-44(49)45-23-11-13-26-50(45)58(57)61-54/h1-37H. The van der Waals surface area contributed by atoms with Gasteiger partial charge in [0.15, 0.2) is 0 Å². The number of para-hydroxylation sites is 2. The Bertz CT molecular complexity index is 3660. The summed E-state index contributed by atoms with van der Waals surface area (Å²) in [7, 11) is 0. The molecule has 0 atom stereocenters. The molecule has 0 aliphatic heterocycles. The molecule has 13 rings (SSSR count). The summed E-state index contributed by atoms with van der Waals surface area (Å²) < 4.78 is 2.38. The largest absolute Gasteiger partial charge is 0.309 e. The number of nitrogens with zero attached hydrogens (tertiary/aromatic N) is 3. The molecule has 0 saturated carbocycles. The van der Waals surface area contributed by atoms with Gasteiger partial charge in [0, 0.05) is 32.8 Å². The van der Waals surface area contributed by atoms with E-state index in [1.54, 1.807) is 0 Å². The van der Waals surface area contributed by atoms with Crippen molar-refractivity contribution in [3.8, 4) is 39.2 Å². The van der Waals surface area contributed by atoms with Crippen LogP contribution in [0.3, 0.4) is 0 Å². The fourth-order valence-electron chi connectivity index (χ4n) is 10.6. The van der Waals surface area contributed by atoms with Crippen molar-refractivity contribution in [3.63, 3.8) is 0 Å². The minimum absolute atomic E-state index is 0.597. The van der Waals surface area contributed by atoms with Crippen LogP contribution in [0, 0.1) is 0 Å². The highest BCUT2D eigenvalue weighted by atomic mass is 15.0. The Morgan fingerprint density at radius 3 is 1.50 bits per heavy atom. The minimum atomic E-state index is -0.597. The summed E-state index contributed by atoms with van der Waals surface area (Å²) in [5.41, 5.74) is 16.5. The molecule has 0 amide bonds. The molecule has 0 fully saturated rings. The maximum Gasteiger partial charge on any atom is 0.0979 e. The smallest absolute Gasteiger partial charge is 0.0979 e. The number of fused-ring (bicyclic) bond motifs is 12. The Morgan fingerprint density at radius 2 is 0.839 bits per heavy atom. The van der Waals surface area contributed by atoms with Crippen LogP contribution in [-0.4, -0.2) is 14.5 Å². The van der Waals surface area contributed by atoms with Gasteiger partial charge in [0.05, 0.1) is 39.4 Å². The quantitative estimate of drug-likeness (QED) is 0.163. The Balaban J connectivity index is 1.03. The number of benzene rings is 10. The number of hydrogen-bond donors (Lipinski definition) is 0. The molecule has 0 N–H and O–H groups in total. The van der Waals surface area contributed by atoms with Gasteiger partial charge in [-0.3, -0.25) is 4.98 Å². The van der Waals surface area contributed by atoms with Crippen LogP contribution in [-0.2, 0) is 5.41 Å². The van der Waals surface area contributed by atoms with Crippen molar-refractivity contribution in [1.29, 1.82) is 0 Å². The van der Waals surface area contributed by atoms with E-state index in [0.717, 1.165) is 38.8 Å². The summed E-state index contributed by atoms with van der Waals surface area (Å²) >= 11 is 0. The highest BCUT2D eigenvalue weighted by Gasteiger charge is 2.46. The van der Waals surface area contributed by atoms with Crippen LogP contribution in [0.5, 0.6) is 0 Å². The zero-order valence-electron chi connectivity index (χ0n) is 33.7. The molecule has 62 heavy (non-hydrogen) atoms. The monoisotopic (exact) mass is 787 g/mol. The van der Waals surface area contributed by atoms with Crippen molar-refractivity contribution in [2.24, 2.45) is 0 Å². The molecular formula is C59H37N3. The molecule has 288 valence electrons. The van der Waals surface area contributed by atoms with Crippen LogP contribution in [0.1, 0.15) is 22.3 Å². The normalized spacial score (nSPS) is 13.0. The highest BCUT2D eigenvalue weighted by Crippen LogP contribution is 2.57. The lowest BCUT2D eigenvalue weighted by Crippen LogP contribution is -2.28. The van der Waals surface area contributed by atoms with Gasteiger partial charge in [-0.25, -0.2) is 4.98 Å². The van der Waals surface area contributed by atoms with Gasteiger partial charge in [-0.2, -0.15) is 0 Å². The van der Waals surface area contributed by atoms with Gasteiger partial charge in [-0.05, 0) is 97.7 Å². The maximum absolute atomic E-state index is 5.45. The molecule has 0 bridgehead atoms. The van der Waals surface area contributed by atoms with Gasteiger partial charge in [0.25, 0.3) is 0 Å². The van der Waals surface area contributed by atoms with E-state index < -0.39 is 5.41 Å². The van der Waals surface area contributed by atoms with E-state index in [4.69, 9.17) is 9.97 Å². The lowest BCUT2D eigenvalue weighted by atomic mass is 9.67. The van der Waals surface area contributed by atoms with E-state index in [1.807, 2.05) is 6.20 Å². The lowest BCUT2D eigenvalue weighted by Gasteiger charge is -2.34. The second-order valence-corrected chi connectivity index (χ2v) is 16.5. The minimum Gasteiger partial charge on any atom is -0.309 e. The van der Waals surface area contributed by atoms with Gasteiger partial charge < -0.3 is 4.57 Å². The molecule has 10 aromatic carbocycles. The predicted octanol–water partition coefficient (Wildman–Crippen LogP) is 14.7. The van der Waals surface area contributed by atoms with E-state index >= 15 is 0 Å². The second-order valence-electron chi connectivity index (χ2n) is 16.5. The lowest BCUT2D eigenvalue weighted by molar-refractivity contribution is 0.769. The zero-order valence-corrected chi connectivity index (χ0v) is 33.7. The van der Waals surface area contributed by atoms with E-state index in [1.165, 1.54) is 77.1 Å². The van der Waals surface area contributed by atoms with Crippen molar-refractivity contribution in [3.05, 3.63) is 247 Å². The van der Waals surface area contributed by atoms with Crippen LogP contribution in [0.15, 0.2) is 225 Å². The van der Waals surface area contributed by atoms with Crippen molar-refractivity contribution in [2.75, 3.05) is 0 Å². The average Bonchev–Trinajstić information content (AvgIpc) is 3.84. The maximum atomic E-state index is 5.45. The van der Waals surface area contributed by atoms with Crippen molar-refractivity contribution < 1.29 is 0 Å². The van der Waals surface area contributed by atoms with E-state index in [9.17, 15) is 0 Å². The first-order chi connectivity index (χ1) is 30.8. The molecule has 12 aromatic rings. The molecule has 0 radical (unpaired) electrons. The van der Waals surface area contributed by atoms with Crippen LogP contribution in [0.2, 0.25) is 0 Å². The van der Waals surface area contributed by atoms with Crippen LogP contribution in [0.4, 0.5) is 0 Å². The van der Waals surface area contributed by atoms with Gasteiger partial charge in [0.2, 0.25) is 0 Å². The Labute approximate surface area is 358 Å². The molecule has 1 aliphatic carbocycles. The predicted molar refractivity (Wildman–Crippen MR) is 257 cm³/mol. The number of rotatable bonds is 5. The SMILES string of the molecule is c1ccc(-n2c3ccccc3c3cc(-c4ccc5c(c4)C(c4ccccc4)(c4ccccc4)c4cc(-c6cnc7c8ccccc8c8ccccc8c7n6)ccc4-5)ccc32)cc1. The first kappa shape index (κ1) is 34.7. The number of hydrogen-bond acceptors (Lipinski definition) is 2.